The van der Waals surface area contributed by atoms with Gasteiger partial charge in [-0.2, -0.15) is 0 Å². The summed E-state index contributed by atoms with van der Waals surface area (Å²) in [5, 5.41) is 3.43. The molecular weight excluding hydrogens is 420 g/mol. The number of hydrogen-bond acceptors (Lipinski definition) is 1. The van der Waals surface area contributed by atoms with Crippen LogP contribution in [-0.2, 0) is 0 Å². The number of aryl methyl sites for hydroxylation is 1. The van der Waals surface area contributed by atoms with Crippen LogP contribution in [0.4, 0.5) is 4.39 Å². The van der Waals surface area contributed by atoms with Crippen LogP contribution in [0, 0.1) is 12.7 Å². The Morgan fingerprint density at radius 1 is 1.19 bits per heavy atom. The van der Waals surface area contributed by atoms with Gasteiger partial charge in [-0.1, -0.05) is 52.7 Å². The van der Waals surface area contributed by atoms with Crippen molar-refractivity contribution in [3.05, 3.63) is 66.8 Å². The van der Waals surface area contributed by atoms with Gasteiger partial charge in [0.25, 0.3) is 0 Å². The zero-order valence-corrected chi connectivity index (χ0v) is 15.6. The van der Waals surface area contributed by atoms with Crippen LogP contribution in [-0.4, -0.2) is 6.54 Å². The quantitative estimate of drug-likeness (QED) is 0.580. The van der Waals surface area contributed by atoms with E-state index in [1.807, 2.05) is 32.0 Å². The molecule has 1 N–H and O–H groups in total. The lowest BCUT2D eigenvalue weighted by Crippen LogP contribution is -2.23. The first kappa shape index (κ1) is 16.9. The van der Waals surface area contributed by atoms with Crippen LogP contribution < -0.4 is 5.32 Å². The third kappa shape index (κ3) is 3.67. The lowest BCUT2D eigenvalue weighted by molar-refractivity contribution is 0.558. The molecule has 112 valence electrons. The molecule has 0 aromatic heterocycles. The molecule has 1 unspecified atom stereocenters. The van der Waals surface area contributed by atoms with E-state index >= 15 is 0 Å². The van der Waals surface area contributed by atoms with Gasteiger partial charge >= 0.3 is 0 Å². The van der Waals surface area contributed by atoms with Gasteiger partial charge in [-0.25, -0.2) is 4.39 Å². The van der Waals surface area contributed by atoms with Crippen LogP contribution in [0.3, 0.4) is 0 Å². The zero-order chi connectivity index (χ0) is 15.6. The molecule has 5 heteroatoms. The summed E-state index contributed by atoms with van der Waals surface area (Å²) in [6.45, 7) is 4.74. The van der Waals surface area contributed by atoms with Crippen LogP contribution in [0.1, 0.15) is 29.7 Å². The fraction of sp³-hybridized carbons (Fsp3) is 0.250. The third-order valence-corrected chi connectivity index (χ3v) is 5.43. The van der Waals surface area contributed by atoms with E-state index in [1.165, 1.54) is 0 Å². The van der Waals surface area contributed by atoms with Gasteiger partial charge < -0.3 is 5.32 Å². The molecular formula is C16H15Br2ClFN. The summed E-state index contributed by atoms with van der Waals surface area (Å²) >= 11 is 12.8. The van der Waals surface area contributed by atoms with Gasteiger partial charge in [0.15, 0.2) is 0 Å². The molecule has 0 amide bonds. The van der Waals surface area contributed by atoms with Crippen LogP contribution in [0.15, 0.2) is 39.3 Å². The lowest BCUT2D eigenvalue weighted by Gasteiger charge is -2.21. The molecule has 0 aliphatic carbocycles. The minimum absolute atomic E-state index is 0.113. The van der Waals surface area contributed by atoms with Gasteiger partial charge in [-0.05, 0) is 52.7 Å². The normalized spacial score (nSPS) is 12.5. The first-order valence-corrected chi connectivity index (χ1v) is 8.55. The first-order valence-electron chi connectivity index (χ1n) is 6.58. The predicted octanol–water partition coefficient (Wildman–Crippen LogP) is 6.01. The Hall–Kier alpha value is -0.420. The lowest BCUT2D eigenvalue weighted by atomic mass is 9.97. The Labute approximate surface area is 146 Å². The van der Waals surface area contributed by atoms with Crippen molar-refractivity contribution in [2.45, 2.75) is 19.9 Å². The van der Waals surface area contributed by atoms with Crippen molar-refractivity contribution in [3.8, 4) is 0 Å². The predicted molar refractivity (Wildman–Crippen MR) is 93.5 cm³/mol. The van der Waals surface area contributed by atoms with Crippen molar-refractivity contribution >= 4 is 43.5 Å². The molecule has 0 aliphatic rings. The van der Waals surface area contributed by atoms with E-state index in [0.29, 0.717) is 10.0 Å². The summed E-state index contributed by atoms with van der Waals surface area (Å²) in [5.41, 5.74) is 2.68. The van der Waals surface area contributed by atoms with Gasteiger partial charge in [-0.3, -0.25) is 0 Å². The second-order valence-electron chi connectivity index (χ2n) is 4.76. The average molecular weight is 436 g/mol. The highest BCUT2D eigenvalue weighted by Gasteiger charge is 2.20. The maximum Gasteiger partial charge on any atom is 0.148 e. The molecule has 0 saturated carbocycles. The Bertz CT molecular complexity index is 661. The van der Waals surface area contributed by atoms with Crippen molar-refractivity contribution in [3.63, 3.8) is 0 Å². The summed E-state index contributed by atoms with van der Waals surface area (Å²) in [6.07, 6.45) is 0. The highest BCUT2D eigenvalue weighted by Crippen LogP contribution is 2.34. The number of benzene rings is 2. The smallest absolute Gasteiger partial charge is 0.148 e. The Morgan fingerprint density at radius 3 is 2.52 bits per heavy atom. The summed E-state index contributed by atoms with van der Waals surface area (Å²) in [5.74, 6) is -0.395. The topological polar surface area (TPSA) is 12.0 Å². The zero-order valence-electron chi connectivity index (χ0n) is 11.7. The molecule has 0 spiro atoms. The van der Waals surface area contributed by atoms with Gasteiger partial charge in [-0.15, -0.1) is 0 Å². The van der Waals surface area contributed by atoms with Crippen molar-refractivity contribution in [2.75, 3.05) is 6.54 Å². The Morgan fingerprint density at radius 2 is 1.90 bits per heavy atom. The maximum atomic E-state index is 14.5. The van der Waals surface area contributed by atoms with Gasteiger partial charge in [0.05, 0.1) is 11.1 Å². The average Bonchev–Trinajstić information content (AvgIpc) is 2.46. The van der Waals surface area contributed by atoms with E-state index in [1.54, 1.807) is 12.1 Å². The molecule has 0 aliphatic heterocycles. The summed E-state index contributed by atoms with van der Waals surface area (Å²) < 4.78 is 16.1. The molecule has 0 fully saturated rings. The van der Waals surface area contributed by atoms with E-state index in [-0.39, 0.29) is 11.1 Å². The summed E-state index contributed by atoms with van der Waals surface area (Å²) in [4.78, 5) is 0. The van der Waals surface area contributed by atoms with E-state index in [2.05, 4.69) is 37.2 Å². The minimum Gasteiger partial charge on any atom is -0.306 e. The van der Waals surface area contributed by atoms with E-state index in [0.717, 1.165) is 22.1 Å². The minimum atomic E-state index is -0.395. The van der Waals surface area contributed by atoms with Crippen LogP contribution in [0.2, 0.25) is 5.02 Å². The second kappa shape index (κ2) is 7.23. The van der Waals surface area contributed by atoms with E-state index < -0.39 is 5.82 Å². The highest BCUT2D eigenvalue weighted by atomic mass is 79.9. The highest BCUT2D eigenvalue weighted by molar-refractivity contribution is 9.10. The van der Waals surface area contributed by atoms with Crippen molar-refractivity contribution < 1.29 is 4.39 Å². The number of halogens is 4. The SMILES string of the molecule is CCNC(c1ccc(C)c(Br)c1)c1ccc(Br)c(Cl)c1F. The standard InChI is InChI=1S/C16H15Br2ClFN/c1-3-21-16(10-5-4-9(2)13(18)8-10)11-6-7-12(17)14(19)15(11)20/h4-8,16,21H,3H2,1-2H3. The van der Waals surface area contributed by atoms with Gasteiger partial charge in [0, 0.05) is 14.5 Å². The van der Waals surface area contributed by atoms with Crippen LogP contribution >= 0.6 is 43.5 Å². The monoisotopic (exact) mass is 433 g/mol. The summed E-state index contributed by atoms with van der Waals surface area (Å²) in [6, 6.07) is 9.32. The fourth-order valence-electron chi connectivity index (χ4n) is 2.16. The Kier molecular flexibility index (Phi) is 5.83. The van der Waals surface area contributed by atoms with Gasteiger partial charge in [0.2, 0.25) is 0 Å². The largest absolute Gasteiger partial charge is 0.306 e. The molecule has 0 radical (unpaired) electrons. The fourth-order valence-corrected chi connectivity index (χ4v) is 3.04. The summed E-state index contributed by atoms with van der Waals surface area (Å²) in [7, 11) is 0. The third-order valence-electron chi connectivity index (χ3n) is 3.31. The number of hydrogen-bond donors (Lipinski definition) is 1. The molecule has 0 saturated heterocycles. The first-order chi connectivity index (χ1) is 9.95. The van der Waals surface area contributed by atoms with E-state index in [4.69, 9.17) is 11.6 Å². The molecule has 2 aromatic carbocycles. The Balaban J connectivity index is 2.53. The molecule has 2 rings (SSSR count). The van der Waals surface area contributed by atoms with Gasteiger partial charge in [0.1, 0.15) is 5.82 Å². The molecule has 1 nitrogen and oxygen atoms in total. The molecule has 0 heterocycles. The maximum absolute atomic E-state index is 14.5. The number of rotatable bonds is 4. The van der Waals surface area contributed by atoms with Crippen molar-refractivity contribution in [1.29, 1.82) is 0 Å². The van der Waals surface area contributed by atoms with Crippen LogP contribution in [0.5, 0.6) is 0 Å². The molecule has 2 aromatic rings. The van der Waals surface area contributed by atoms with E-state index in [9.17, 15) is 4.39 Å². The molecule has 1 atom stereocenters. The second-order valence-corrected chi connectivity index (χ2v) is 6.85. The van der Waals surface area contributed by atoms with Crippen molar-refractivity contribution in [2.24, 2.45) is 0 Å². The molecule has 0 bridgehead atoms. The number of nitrogens with one attached hydrogen (secondary N) is 1. The van der Waals surface area contributed by atoms with Crippen LogP contribution in [0.25, 0.3) is 0 Å². The van der Waals surface area contributed by atoms with Crippen molar-refractivity contribution in [1.82, 2.24) is 5.32 Å². The molecule has 21 heavy (non-hydrogen) atoms.